The monoisotopic (exact) mass is 230 g/mol. The number of likely N-dealkylation sites (tertiary alicyclic amines) is 1. The second-order valence-corrected chi connectivity index (χ2v) is 5.62. The van der Waals surface area contributed by atoms with E-state index in [9.17, 15) is 0 Å². The van der Waals surface area contributed by atoms with E-state index in [2.05, 4.69) is 16.7 Å². The maximum Gasteiger partial charge on any atom is 0.0597 e. The van der Waals surface area contributed by atoms with Crippen molar-refractivity contribution in [2.45, 2.75) is 31.4 Å². The molecule has 0 spiro atoms. The Hall–Kier alpha value is 0.230. The summed E-state index contributed by atoms with van der Waals surface area (Å²) in [5, 5.41) is 0. The molecule has 0 aromatic heterocycles. The van der Waals surface area contributed by atoms with Crippen molar-refractivity contribution >= 4 is 11.8 Å². The smallest absolute Gasteiger partial charge is 0.0597 e. The molecule has 15 heavy (non-hydrogen) atoms. The number of ether oxygens (including phenoxy) is 1. The molecule has 2 fully saturated rings. The average Bonchev–Trinajstić information content (AvgIpc) is 2.25. The van der Waals surface area contributed by atoms with Crippen LogP contribution >= 0.6 is 11.8 Å². The van der Waals surface area contributed by atoms with E-state index < -0.39 is 0 Å². The van der Waals surface area contributed by atoms with Crippen LogP contribution in [0.1, 0.15) is 19.3 Å². The largest absolute Gasteiger partial charge is 0.377 e. The van der Waals surface area contributed by atoms with Gasteiger partial charge in [-0.2, -0.15) is 11.8 Å². The molecule has 1 atom stereocenters. The molecule has 3 nitrogen and oxygen atoms in total. The standard InChI is InChI=1S/C11H22N2OS/c12-9-10-1-4-13(10)5-6-14-11-2-7-15-8-3-11/h10-11H,1-9,12H2. The van der Waals surface area contributed by atoms with Gasteiger partial charge in [-0.25, -0.2) is 0 Å². The van der Waals surface area contributed by atoms with Crippen molar-refractivity contribution in [3.05, 3.63) is 0 Å². The average molecular weight is 230 g/mol. The van der Waals surface area contributed by atoms with E-state index in [0.29, 0.717) is 12.1 Å². The third-order valence-electron chi connectivity index (χ3n) is 3.44. The van der Waals surface area contributed by atoms with Gasteiger partial charge in [-0.3, -0.25) is 4.90 Å². The normalized spacial score (nSPS) is 29.0. The fraction of sp³-hybridized carbons (Fsp3) is 1.00. The molecule has 0 amide bonds. The lowest BCUT2D eigenvalue weighted by Gasteiger charge is -2.40. The summed E-state index contributed by atoms with van der Waals surface area (Å²) in [7, 11) is 0. The molecule has 0 saturated carbocycles. The summed E-state index contributed by atoms with van der Waals surface area (Å²) >= 11 is 2.05. The minimum atomic E-state index is 0.531. The Morgan fingerprint density at radius 2 is 2.07 bits per heavy atom. The van der Waals surface area contributed by atoms with Crippen molar-refractivity contribution in [3.63, 3.8) is 0 Å². The highest BCUT2D eigenvalue weighted by molar-refractivity contribution is 7.99. The fourth-order valence-electron chi connectivity index (χ4n) is 2.23. The van der Waals surface area contributed by atoms with E-state index in [0.717, 1.165) is 19.7 Å². The molecule has 2 rings (SSSR count). The Morgan fingerprint density at radius 1 is 1.27 bits per heavy atom. The second kappa shape index (κ2) is 6.09. The zero-order valence-corrected chi connectivity index (χ0v) is 10.2. The number of nitrogens with zero attached hydrogens (tertiary/aromatic N) is 1. The van der Waals surface area contributed by atoms with Crippen LogP contribution in [0.3, 0.4) is 0 Å². The predicted molar refractivity (Wildman–Crippen MR) is 65.3 cm³/mol. The molecule has 2 saturated heterocycles. The lowest BCUT2D eigenvalue weighted by atomic mass is 10.0. The topological polar surface area (TPSA) is 38.5 Å². The molecule has 4 heteroatoms. The number of thioether (sulfide) groups is 1. The maximum atomic E-state index is 5.89. The molecule has 0 aromatic rings. The van der Waals surface area contributed by atoms with Gasteiger partial charge in [-0.05, 0) is 30.8 Å². The van der Waals surface area contributed by atoms with Crippen molar-refractivity contribution < 1.29 is 4.74 Å². The predicted octanol–water partition coefficient (Wildman–Crippen LogP) is 0.932. The first-order valence-corrected chi connectivity index (χ1v) is 7.19. The van der Waals surface area contributed by atoms with Gasteiger partial charge in [0, 0.05) is 25.7 Å². The third-order valence-corrected chi connectivity index (χ3v) is 4.49. The van der Waals surface area contributed by atoms with E-state index in [4.69, 9.17) is 10.5 Å². The summed E-state index contributed by atoms with van der Waals surface area (Å²) in [5.74, 6) is 2.56. The Bertz CT molecular complexity index is 181. The highest BCUT2D eigenvalue weighted by Crippen LogP contribution is 2.20. The molecule has 1 unspecified atom stereocenters. The zero-order valence-electron chi connectivity index (χ0n) is 9.36. The van der Waals surface area contributed by atoms with E-state index >= 15 is 0 Å². The Labute approximate surface area is 96.7 Å². The minimum absolute atomic E-state index is 0.531. The molecule has 2 N–H and O–H groups in total. The Morgan fingerprint density at radius 3 is 2.67 bits per heavy atom. The van der Waals surface area contributed by atoms with Gasteiger partial charge in [0.05, 0.1) is 12.7 Å². The summed E-state index contributed by atoms with van der Waals surface area (Å²) in [6.07, 6.45) is 4.29. The van der Waals surface area contributed by atoms with Crippen LogP contribution in [0, 0.1) is 0 Å². The summed E-state index contributed by atoms with van der Waals surface area (Å²) in [6.45, 7) is 3.99. The summed E-state index contributed by atoms with van der Waals surface area (Å²) in [5.41, 5.74) is 5.65. The van der Waals surface area contributed by atoms with Gasteiger partial charge in [0.1, 0.15) is 0 Å². The molecule has 0 aliphatic carbocycles. The van der Waals surface area contributed by atoms with Crippen LogP contribution in [0.15, 0.2) is 0 Å². The molecule has 2 aliphatic rings. The quantitative estimate of drug-likeness (QED) is 0.762. The van der Waals surface area contributed by atoms with E-state index in [1.54, 1.807) is 0 Å². The van der Waals surface area contributed by atoms with Gasteiger partial charge in [0.15, 0.2) is 0 Å². The highest BCUT2D eigenvalue weighted by Gasteiger charge is 2.26. The van der Waals surface area contributed by atoms with Crippen LogP contribution in [0.2, 0.25) is 0 Å². The van der Waals surface area contributed by atoms with Crippen molar-refractivity contribution in [1.82, 2.24) is 4.90 Å². The molecule has 2 heterocycles. The second-order valence-electron chi connectivity index (χ2n) is 4.40. The number of hydrogen-bond acceptors (Lipinski definition) is 4. The molecular weight excluding hydrogens is 208 g/mol. The molecule has 2 aliphatic heterocycles. The third kappa shape index (κ3) is 3.34. The van der Waals surface area contributed by atoms with Gasteiger partial charge in [0.2, 0.25) is 0 Å². The maximum absolute atomic E-state index is 5.89. The van der Waals surface area contributed by atoms with Gasteiger partial charge in [-0.15, -0.1) is 0 Å². The molecule has 0 radical (unpaired) electrons. The van der Waals surface area contributed by atoms with Crippen LogP contribution in [-0.2, 0) is 4.74 Å². The summed E-state index contributed by atoms with van der Waals surface area (Å²) in [6, 6.07) is 0.635. The summed E-state index contributed by atoms with van der Waals surface area (Å²) < 4.78 is 5.89. The Kier molecular flexibility index (Phi) is 4.75. The lowest BCUT2D eigenvalue weighted by Crippen LogP contribution is -2.52. The van der Waals surface area contributed by atoms with Gasteiger partial charge in [0.25, 0.3) is 0 Å². The van der Waals surface area contributed by atoms with Crippen LogP contribution in [0.4, 0.5) is 0 Å². The van der Waals surface area contributed by atoms with Crippen molar-refractivity contribution in [2.24, 2.45) is 5.73 Å². The van der Waals surface area contributed by atoms with Crippen LogP contribution in [0.25, 0.3) is 0 Å². The van der Waals surface area contributed by atoms with Gasteiger partial charge >= 0.3 is 0 Å². The SMILES string of the molecule is NCC1CCN1CCOC1CCSCC1. The van der Waals surface area contributed by atoms with Crippen LogP contribution in [0.5, 0.6) is 0 Å². The molecule has 0 aromatic carbocycles. The number of nitrogens with two attached hydrogens (primary N) is 1. The lowest BCUT2D eigenvalue weighted by molar-refractivity contribution is 0.00528. The number of hydrogen-bond donors (Lipinski definition) is 1. The molecule has 88 valence electrons. The van der Waals surface area contributed by atoms with Crippen molar-refractivity contribution in [2.75, 3.05) is 37.7 Å². The highest BCUT2D eigenvalue weighted by atomic mass is 32.2. The zero-order chi connectivity index (χ0) is 10.5. The van der Waals surface area contributed by atoms with Gasteiger partial charge in [-0.1, -0.05) is 0 Å². The van der Waals surface area contributed by atoms with Crippen LogP contribution < -0.4 is 5.73 Å². The first kappa shape index (κ1) is 11.7. The first-order chi connectivity index (χ1) is 7.40. The molecular formula is C11H22N2OS. The Balaban J connectivity index is 1.54. The van der Waals surface area contributed by atoms with Crippen molar-refractivity contribution in [3.8, 4) is 0 Å². The van der Waals surface area contributed by atoms with E-state index in [-0.39, 0.29) is 0 Å². The summed E-state index contributed by atoms with van der Waals surface area (Å²) in [4.78, 5) is 2.44. The fourth-order valence-corrected chi connectivity index (χ4v) is 3.30. The molecule has 0 bridgehead atoms. The van der Waals surface area contributed by atoms with E-state index in [1.165, 1.54) is 37.3 Å². The first-order valence-electron chi connectivity index (χ1n) is 6.03. The van der Waals surface area contributed by atoms with Gasteiger partial charge < -0.3 is 10.5 Å². The van der Waals surface area contributed by atoms with Crippen LogP contribution in [-0.4, -0.2) is 54.8 Å². The number of rotatable bonds is 5. The minimum Gasteiger partial charge on any atom is -0.377 e. The van der Waals surface area contributed by atoms with Crippen molar-refractivity contribution in [1.29, 1.82) is 0 Å². The van der Waals surface area contributed by atoms with E-state index in [1.807, 2.05) is 0 Å².